The maximum absolute atomic E-state index is 12.0. The van der Waals surface area contributed by atoms with Crippen LogP contribution in [-0.2, 0) is 4.79 Å². The third-order valence-electron chi connectivity index (χ3n) is 2.66. The Balaban J connectivity index is 2.92. The normalized spacial score (nSPS) is 11.1. The Bertz CT molecular complexity index is 446. The van der Waals surface area contributed by atoms with Gasteiger partial charge in [-0.3, -0.25) is 4.79 Å². The molecule has 0 spiro atoms. The number of hydrogen-bond acceptors (Lipinski definition) is 2. The molecule has 3 N–H and O–H groups in total. The van der Waals surface area contributed by atoms with E-state index in [0.717, 1.165) is 16.8 Å². The fourth-order valence-electron chi connectivity index (χ4n) is 1.45. The molecule has 0 aliphatic rings. The van der Waals surface area contributed by atoms with Gasteiger partial charge in [-0.2, -0.15) is 0 Å². The van der Waals surface area contributed by atoms with Gasteiger partial charge in [0.25, 0.3) is 0 Å². The van der Waals surface area contributed by atoms with Crippen LogP contribution in [0.4, 0.5) is 5.69 Å². The third-order valence-corrected chi connectivity index (χ3v) is 3.17. The Hall–Kier alpha value is -1.42. The molecule has 0 fully saturated rings. The number of rotatable bonds is 3. The number of benzene rings is 1. The van der Waals surface area contributed by atoms with E-state index in [1.54, 1.807) is 13.8 Å². The van der Waals surface area contributed by atoms with Crippen LogP contribution < -0.4 is 11.1 Å². The lowest BCUT2D eigenvalue weighted by Gasteiger charge is -2.22. The number of anilines is 1. The summed E-state index contributed by atoms with van der Waals surface area (Å²) in [5.41, 5.74) is 7.70. The summed E-state index contributed by atoms with van der Waals surface area (Å²) in [6, 6.07) is 5.88. The second kappa shape index (κ2) is 4.84. The van der Waals surface area contributed by atoms with Crippen LogP contribution in [0.5, 0.6) is 0 Å². The molecule has 1 rings (SSSR count). The fourth-order valence-corrected chi connectivity index (χ4v) is 1.54. The van der Waals surface area contributed by atoms with Gasteiger partial charge in [-0.1, -0.05) is 18.3 Å². The fraction of sp³-hybridized carbons (Fsp3) is 0.385. The Morgan fingerprint density at radius 1 is 1.24 bits per heavy atom. The molecule has 92 valence electrons. The second-order valence-electron chi connectivity index (χ2n) is 4.82. The van der Waals surface area contributed by atoms with Crippen LogP contribution in [0.1, 0.15) is 25.0 Å². The van der Waals surface area contributed by atoms with E-state index in [-0.39, 0.29) is 10.9 Å². The van der Waals surface area contributed by atoms with Gasteiger partial charge in [-0.25, -0.2) is 0 Å². The summed E-state index contributed by atoms with van der Waals surface area (Å²) in [5, 5.41) is 2.84. The molecule has 0 heterocycles. The number of hydrogen-bond donors (Lipinski definition) is 2. The van der Waals surface area contributed by atoms with Gasteiger partial charge in [0, 0.05) is 5.69 Å². The minimum Gasteiger partial charge on any atom is -0.392 e. The van der Waals surface area contributed by atoms with Crippen molar-refractivity contribution in [2.75, 3.05) is 5.32 Å². The molecule has 1 amide bonds. The Labute approximate surface area is 107 Å². The zero-order valence-corrected chi connectivity index (χ0v) is 11.4. The molecule has 0 atom stereocenters. The second-order valence-corrected chi connectivity index (χ2v) is 5.26. The average molecular weight is 250 g/mol. The highest BCUT2D eigenvalue weighted by molar-refractivity contribution is 7.80. The van der Waals surface area contributed by atoms with Crippen LogP contribution in [0, 0.1) is 19.3 Å². The van der Waals surface area contributed by atoms with E-state index in [1.807, 2.05) is 32.0 Å². The van der Waals surface area contributed by atoms with Crippen molar-refractivity contribution >= 4 is 28.8 Å². The van der Waals surface area contributed by atoms with E-state index in [0.29, 0.717) is 0 Å². The van der Waals surface area contributed by atoms with Gasteiger partial charge in [0.05, 0.1) is 10.4 Å². The molecule has 0 saturated carbocycles. The largest absolute Gasteiger partial charge is 0.392 e. The minimum absolute atomic E-state index is 0.185. The predicted molar refractivity (Wildman–Crippen MR) is 75.1 cm³/mol. The number of aryl methyl sites for hydroxylation is 2. The van der Waals surface area contributed by atoms with Gasteiger partial charge in [-0.05, 0) is 51.0 Å². The van der Waals surface area contributed by atoms with Crippen molar-refractivity contribution in [3.63, 3.8) is 0 Å². The van der Waals surface area contributed by atoms with Gasteiger partial charge in [0.15, 0.2) is 0 Å². The maximum atomic E-state index is 12.0. The number of carbonyl (C=O) groups excluding carboxylic acids is 1. The van der Waals surface area contributed by atoms with E-state index in [2.05, 4.69) is 5.32 Å². The van der Waals surface area contributed by atoms with E-state index in [9.17, 15) is 4.79 Å². The van der Waals surface area contributed by atoms with Crippen molar-refractivity contribution < 1.29 is 4.79 Å². The molecule has 3 nitrogen and oxygen atoms in total. The standard InChI is InChI=1S/C13H18N2OS/c1-8-5-9(2)7-10(6-8)15-12(16)13(3,4)11(14)17/h5-7H,1-4H3,(H2,14,17)(H,15,16). The van der Waals surface area contributed by atoms with E-state index < -0.39 is 5.41 Å². The van der Waals surface area contributed by atoms with Gasteiger partial charge in [0.1, 0.15) is 0 Å². The maximum Gasteiger partial charge on any atom is 0.236 e. The van der Waals surface area contributed by atoms with Gasteiger partial charge in [0.2, 0.25) is 5.91 Å². The summed E-state index contributed by atoms with van der Waals surface area (Å²) in [4.78, 5) is 12.2. The predicted octanol–water partition coefficient (Wildman–Crippen LogP) is 2.55. The lowest BCUT2D eigenvalue weighted by atomic mass is 9.92. The smallest absolute Gasteiger partial charge is 0.236 e. The van der Waals surface area contributed by atoms with Crippen molar-refractivity contribution in [2.45, 2.75) is 27.7 Å². The monoisotopic (exact) mass is 250 g/mol. The summed E-state index contributed by atoms with van der Waals surface area (Å²) >= 11 is 4.89. The molecule has 0 aromatic heterocycles. The molecule has 0 saturated heterocycles. The molecule has 4 heteroatoms. The molecule has 0 bridgehead atoms. The molecule has 0 radical (unpaired) electrons. The van der Waals surface area contributed by atoms with E-state index in [1.165, 1.54) is 0 Å². The highest BCUT2D eigenvalue weighted by Gasteiger charge is 2.30. The van der Waals surface area contributed by atoms with Crippen LogP contribution in [-0.4, -0.2) is 10.9 Å². The Kier molecular flexibility index (Phi) is 3.88. The van der Waals surface area contributed by atoms with Crippen molar-refractivity contribution in [1.82, 2.24) is 0 Å². The first-order chi connectivity index (χ1) is 7.73. The summed E-state index contributed by atoms with van der Waals surface area (Å²) in [6.07, 6.45) is 0. The summed E-state index contributed by atoms with van der Waals surface area (Å²) in [5.74, 6) is -0.185. The van der Waals surface area contributed by atoms with Crippen LogP contribution in [0.15, 0.2) is 18.2 Å². The molecule has 1 aromatic carbocycles. The lowest BCUT2D eigenvalue weighted by molar-refractivity contribution is -0.121. The van der Waals surface area contributed by atoms with Crippen LogP contribution in [0.2, 0.25) is 0 Å². The highest BCUT2D eigenvalue weighted by atomic mass is 32.1. The SMILES string of the molecule is Cc1cc(C)cc(NC(=O)C(C)(C)C(N)=S)c1. The van der Waals surface area contributed by atoms with Crippen LogP contribution >= 0.6 is 12.2 Å². The minimum atomic E-state index is -0.840. The Morgan fingerprint density at radius 2 is 1.71 bits per heavy atom. The first-order valence-corrected chi connectivity index (χ1v) is 5.84. The van der Waals surface area contributed by atoms with Crippen LogP contribution in [0.3, 0.4) is 0 Å². The van der Waals surface area contributed by atoms with Crippen molar-refractivity contribution in [2.24, 2.45) is 11.1 Å². The average Bonchev–Trinajstić information content (AvgIpc) is 2.15. The first kappa shape index (κ1) is 13.6. The number of amides is 1. The zero-order chi connectivity index (χ0) is 13.2. The third kappa shape index (κ3) is 3.27. The molecule has 0 aliphatic heterocycles. The van der Waals surface area contributed by atoms with Gasteiger partial charge in [-0.15, -0.1) is 0 Å². The van der Waals surface area contributed by atoms with Crippen molar-refractivity contribution in [1.29, 1.82) is 0 Å². The number of nitrogens with one attached hydrogen (secondary N) is 1. The number of nitrogens with two attached hydrogens (primary N) is 1. The molecule has 17 heavy (non-hydrogen) atoms. The topological polar surface area (TPSA) is 55.1 Å². The molecular formula is C13H18N2OS. The summed E-state index contributed by atoms with van der Waals surface area (Å²) < 4.78 is 0. The van der Waals surface area contributed by atoms with Crippen molar-refractivity contribution in [3.05, 3.63) is 29.3 Å². The Morgan fingerprint density at radius 3 is 2.12 bits per heavy atom. The number of thiocarbonyl (C=S) groups is 1. The van der Waals surface area contributed by atoms with Gasteiger partial charge >= 0.3 is 0 Å². The van der Waals surface area contributed by atoms with Crippen molar-refractivity contribution in [3.8, 4) is 0 Å². The zero-order valence-electron chi connectivity index (χ0n) is 10.6. The number of carbonyl (C=O) groups is 1. The molecule has 1 aromatic rings. The lowest BCUT2D eigenvalue weighted by Crippen LogP contribution is -2.41. The molecule has 0 unspecified atom stereocenters. The summed E-state index contributed by atoms with van der Waals surface area (Å²) in [6.45, 7) is 7.41. The molecule has 0 aliphatic carbocycles. The van der Waals surface area contributed by atoms with Crippen LogP contribution in [0.25, 0.3) is 0 Å². The highest BCUT2D eigenvalue weighted by Crippen LogP contribution is 2.20. The molecular weight excluding hydrogens is 232 g/mol. The first-order valence-electron chi connectivity index (χ1n) is 5.43. The van der Waals surface area contributed by atoms with E-state index in [4.69, 9.17) is 18.0 Å². The quantitative estimate of drug-likeness (QED) is 0.811. The van der Waals surface area contributed by atoms with E-state index >= 15 is 0 Å². The van der Waals surface area contributed by atoms with Gasteiger partial charge < -0.3 is 11.1 Å². The summed E-state index contributed by atoms with van der Waals surface area (Å²) in [7, 11) is 0.